The summed E-state index contributed by atoms with van der Waals surface area (Å²) in [7, 11) is -3.90. The van der Waals surface area contributed by atoms with Gasteiger partial charge in [-0.05, 0) is 73.8 Å². The number of rotatable bonds is 11. The highest BCUT2D eigenvalue weighted by Crippen LogP contribution is 2.26. The average Bonchev–Trinajstić information content (AvgIpc) is 3.46. The van der Waals surface area contributed by atoms with Gasteiger partial charge in [-0.2, -0.15) is 4.31 Å². The Kier molecular flexibility index (Phi) is 10.1. The third-order valence-electron chi connectivity index (χ3n) is 6.94. The van der Waals surface area contributed by atoms with E-state index >= 15 is 0 Å². The number of thiocarbonyl (C=S) groups is 1. The molecule has 3 aromatic carbocycles. The van der Waals surface area contributed by atoms with E-state index in [1.807, 2.05) is 25.1 Å². The monoisotopic (exact) mass is 594 g/mol. The van der Waals surface area contributed by atoms with E-state index in [-0.39, 0.29) is 17.9 Å². The highest BCUT2D eigenvalue weighted by molar-refractivity contribution is 7.89. The number of carboxylic acid groups (broad SMARTS) is 1. The number of hydrogen-bond acceptors (Lipinski definition) is 5. The Morgan fingerprint density at radius 3 is 2.34 bits per heavy atom. The quantitative estimate of drug-likeness (QED) is 0.249. The van der Waals surface area contributed by atoms with E-state index in [1.54, 1.807) is 36.4 Å². The van der Waals surface area contributed by atoms with Crippen molar-refractivity contribution in [2.45, 2.75) is 49.6 Å². The smallest absolute Gasteiger partial charge is 0.326 e. The van der Waals surface area contributed by atoms with Crippen LogP contribution in [0.4, 0.5) is 5.69 Å². The molecule has 2 atom stereocenters. The minimum Gasteiger partial charge on any atom is -0.480 e. The minimum absolute atomic E-state index is 0.0402. The van der Waals surface area contributed by atoms with Crippen molar-refractivity contribution in [1.29, 1.82) is 0 Å². The third kappa shape index (κ3) is 8.12. The maximum absolute atomic E-state index is 13.2. The van der Waals surface area contributed by atoms with Gasteiger partial charge in [0.25, 0.3) is 0 Å². The molecular formula is C30H34N4O5S2. The van der Waals surface area contributed by atoms with Crippen LogP contribution < -0.4 is 16.0 Å². The highest BCUT2D eigenvalue weighted by atomic mass is 32.2. The molecule has 9 nitrogen and oxygen atoms in total. The zero-order chi connectivity index (χ0) is 29.4. The first kappa shape index (κ1) is 30.2. The van der Waals surface area contributed by atoms with Crippen LogP contribution in [-0.2, 0) is 32.5 Å². The molecule has 216 valence electrons. The number of carboxylic acids is 1. The molecular weight excluding hydrogens is 560 g/mol. The predicted molar refractivity (Wildman–Crippen MR) is 162 cm³/mol. The van der Waals surface area contributed by atoms with Crippen LogP contribution in [0, 0.1) is 6.92 Å². The molecule has 4 rings (SSSR count). The Bertz CT molecular complexity index is 1460. The van der Waals surface area contributed by atoms with Crippen molar-refractivity contribution >= 4 is 44.9 Å². The van der Waals surface area contributed by atoms with Crippen LogP contribution in [0.15, 0.2) is 83.8 Å². The van der Waals surface area contributed by atoms with Gasteiger partial charge in [0.1, 0.15) is 12.1 Å². The molecule has 1 heterocycles. The van der Waals surface area contributed by atoms with Crippen molar-refractivity contribution in [3.63, 3.8) is 0 Å². The summed E-state index contributed by atoms with van der Waals surface area (Å²) in [6.07, 6.45) is 1.71. The number of carbonyl (C=O) groups excluding carboxylic acids is 1. The third-order valence-corrected chi connectivity index (χ3v) is 9.11. The van der Waals surface area contributed by atoms with Crippen molar-refractivity contribution in [1.82, 2.24) is 14.9 Å². The lowest BCUT2D eigenvalue weighted by Crippen LogP contribution is -2.51. The molecule has 0 bridgehead atoms. The van der Waals surface area contributed by atoms with E-state index in [0.29, 0.717) is 30.1 Å². The Hall–Kier alpha value is -3.80. The summed E-state index contributed by atoms with van der Waals surface area (Å²) in [6, 6.07) is 21.4. The molecule has 1 aliphatic rings. The van der Waals surface area contributed by atoms with Crippen molar-refractivity contribution in [2.24, 2.45) is 0 Å². The molecule has 1 amide bonds. The van der Waals surface area contributed by atoms with E-state index in [0.717, 1.165) is 17.7 Å². The number of amides is 1. The average molecular weight is 595 g/mol. The van der Waals surface area contributed by atoms with Gasteiger partial charge in [0.05, 0.1) is 4.90 Å². The van der Waals surface area contributed by atoms with E-state index < -0.39 is 34.0 Å². The molecule has 11 heteroatoms. The van der Waals surface area contributed by atoms with Gasteiger partial charge in [-0.15, -0.1) is 0 Å². The number of nitrogens with one attached hydrogen (secondary N) is 3. The Balaban J connectivity index is 1.32. The molecule has 1 fully saturated rings. The van der Waals surface area contributed by atoms with Crippen LogP contribution in [0.1, 0.15) is 29.5 Å². The first-order valence-electron chi connectivity index (χ1n) is 13.4. The number of aryl methyl sites for hydroxylation is 1. The van der Waals surface area contributed by atoms with Crippen molar-refractivity contribution in [3.8, 4) is 0 Å². The van der Waals surface area contributed by atoms with Crippen LogP contribution in [0.25, 0.3) is 0 Å². The summed E-state index contributed by atoms with van der Waals surface area (Å²) in [4.78, 5) is 25.3. The number of anilines is 1. The minimum atomic E-state index is -3.90. The molecule has 0 spiro atoms. The Morgan fingerprint density at radius 2 is 1.68 bits per heavy atom. The topological polar surface area (TPSA) is 128 Å². The lowest BCUT2D eigenvalue weighted by atomic mass is 10.0. The summed E-state index contributed by atoms with van der Waals surface area (Å²) in [5.41, 5.74) is 3.57. The van der Waals surface area contributed by atoms with Gasteiger partial charge in [-0.3, -0.25) is 4.79 Å². The molecule has 0 saturated carbocycles. The fraction of sp³-hybridized carbons (Fsp3) is 0.300. The van der Waals surface area contributed by atoms with Crippen molar-refractivity contribution in [2.75, 3.05) is 18.4 Å². The number of aliphatic carboxylic acids is 1. The molecule has 4 N–H and O–H groups in total. The Labute approximate surface area is 246 Å². The summed E-state index contributed by atoms with van der Waals surface area (Å²) >= 11 is 5.37. The maximum Gasteiger partial charge on any atom is 0.326 e. The summed E-state index contributed by atoms with van der Waals surface area (Å²) in [5, 5.41) is 19.1. The van der Waals surface area contributed by atoms with Crippen molar-refractivity contribution < 1.29 is 23.1 Å². The standard InChI is InChI=1S/C30H34N4O5S2/c1-21-9-15-25(16-10-21)41(38,39)34-19-5-8-27(34)28(35)33-26(29(36)37)20-23-11-13-24(14-12-23)32-30(40)31-18-17-22-6-3-2-4-7-22/h2-4,6-7,9-16,26-27H,5,8,17-20H2,1H3,(H,33,35)(H,36,37)(H2,31,32,40)/t26-,27-/m0/s1. The first-order valence-corrected chi connectivity index (χ1v) is 15.3. The summed E-state index contributed by atoms with van der Waals surface area (Å²) in [6.45, 7) is 2.74. The van der Waals surface area contributed by atoms with Crippen LogP contribution in [0.3, 0.4) is 0 Å². The molecule has 0 aromatic heterocycles. The second kappa shape index (κ2) is 13.7. The zero-order valence-corrected chi connectivity index (χ0v) is 24.4. The zero-order valence-electron chi connectivity index (χ0n) is 22.7. The van der Waals surface area contributed by atoms with E-state index in [9.17, 15) is 23.1 Å². The SMILES string of the molecule is Cc1ccc(S(=O)(=O)N2CCC[C@H]2C(=O)N[C@@H](Cc2ccc(NC(=S)NCCc3ccccc3)cc2)C(=O)O)cc1. The largest absolute Gasteiger partial charge is 0.480 e. The second-order valence-corrected chi connectivity index (χ2v) is 12.3. The summed E-state index contributed by atoms with van der Waals surface area (Å²) in [5.74, 6) is -1.81. The van der Waals surface area contributed by atoms with E-state index in [2.05, 4.69) is 28.1 Å². The number of hydrogen-bond donors (Lipinski definition) is 4. The van der Waals surface area contributed by atoms with E-state index in [1.165, 1.54) is 22.0 Å². The maximum atomic E-state index is 13.2. The van der Waals surface area contributed by atoms with Gasteiger partial charge in [-0.1, -0.05) is 60.2 Å². The van der Waals surface area contributed by atoms with Crippen LogP contribution in [0.2, 0.25) is 0 Å². The van der Waals surface area contributed by atoms with Gasteiger partial charge in [-0.25, -0.2) is 13.2 Å². The first-order chi connectivity index (χ1) is 19.6. The van der Waals surface area contributed by atoms with Crippen LogP contribution >= 0.6 is 12.2 Å². The molecule has 0 aliphatic carbocycles. The van der Waals surface area contributed by atoms with Gasteiger partial charge >= 0.3 is 5.97 Å². The van der Waals surface area contributed by atoms with Crippen LogP contribution in [0.5, 0.6) is 0 Å². The fourth-order valence-electron chi connectivity index (χ4n) is 4.70. The predicted octanol–water partition coefficient (Wildman–Crippen LogP) is 3.49. The van der Waals surface area contributed by atoms with E-state index in [4.69, 9.17) is 12.2 Å². The van der Waals surface area contributed by atoms with Gasteiger partial charge < -0.3 is 21.1 Å². The Morgan fingerprint density at radius 1 is 1.00 bits per heavy atom. The van der Waals surface area contributed by atoms with Gasteiger partial charge in [0, 0.05) is 25.2 Å². The van der Waals surface area contributed by atoms with Gasteiger partial charge in [0.15, 0.2) is 5.11 Å². The fourth-order valence-corrected chi connectivity index (χ4v) is 6.58. The molecule has 0 radical (unpaired) electrons. The lowest BCUT2D eigenvalue weighted by molar-refractivity contribution is -0.142. The van der Waals surface area contributed by atoms with Crippen LogP contribution in [-0.4, -0.2) is 60.0 Å². The number of nitrogens with zero attached hydrogens (tertiary/aromatic N) is 1. The van der Waals surface area contributed by atoms with Gasteiger partial charge in [0.2, 0.25) is 15.9 Å². The molecule has 1 aliphatic heterocycles. The molecule has 1 saturated heterocycles. The lowest BCUT2D eigenvalue weighted by Gasteiger charge is -2.25. The number of benzene rings is 3. The molecule has 3 aromatic rings. The molecule has 0 unspecified atom stereocenters. The summed E-state index contributed by atoms with van der Waals surface area (Å²) < 4.78 is 27.6. The normalized spacial score (nSPS) is 16.1. The second-order valence-electron chi connectivity index (χ2n) is 10.0. The number of sulfonamides is 1. The molecule has 41 heavy (non-hydrogen) atoms. The van der Waals surface area contributed by atoms with Crippen molar-refractivity contribution in [3.05, 3.63) is 95.6 Å². The number of carbonyl (C=O) groups is 2. The highest BCUT2D eigenvalue weighted by Gasteiger charge is 2.40.